The Bertz CT molecular complexity index is 1450. The Morgan fingerprint density at radius 1 is 0.689 bits per heavy atom. The normalized spacial score (nSPS) is 12.3. The van der Waals surface area contributed by atoms with Crippen molar-refractivity contribution in [2.45, 2.75) is 44.1 Å². The highest BCUT2D eigenvalue weighted by molar-refractivity contribution is 5.90. The van der Waals surface area contributed by atoms with Gasteiger partial charge in [0.25, 0.3) is 0 Å². The summed E-state index contributed by atoms with van der Waals surface area (Å²) < 4.78 is 5.52. The number of carboxylic acid groups (broad SMARTS) is 1. The highest BCUT2D eigenvalue weighted by Gasteiger charge is 2.29. The third-order valence-electron chi connectivity index (χ3n) is 7.50. The van der Waals surface area contributed by atoms with E-state index in [2.05, 4.69) is 45.5 Å². The molecule has 0 aromatic heterocycles. The number of unbranched alkanes of at least 4 members (excludes halogenated alkanes) is 2. The number of aliphatic carboxylic acids is 1. The molecule has 0 saturated heterocycles. The van der Waals surface area contributed by atoms with Gasteiger partial charge in [0.2, 0.25) is 17.7 Å². The Kier molecular flexibility index (Phi) is 12.1. The standard InChI is InChI=1S/C34H38N4O7/c39-30(36-20-31(40)37-21-32(41)38-29(33(42)43)19-23-11-3-1-4-12-23)17-5-2-10-18-35-34(44)45-22-28-26-15-8-6-13-24(26)25-14-7-9-16-27(25)28/h1,3-4,6-9,11-16,28-29H,2,5,10,17-22H2,(H,35,44)(H,36,39)(H,37,40)(H,38,41)(H,42,43). The Balaban J connectivity index is 1.03. The minimum absolute atomic E-state index is 0.00452. The van der Waals surface area contributed by atoms with Gasteiger partial charge in [-0.25, -0.2) is 9.59 Å². The summed E-state index contributed by atoms with van der Waals surface area (Å²) in [6.07, 6.45) is 1.76. The van der Waals surface area contributed by atoms with E-state index in [9.17, 15) is 29.1 Å². The molecule has 0 bridgehead atoms. The molecule has 3 aromatic carbocycles. The monoisotopic (exact) mass is 614 g/mol. The van der Waals surface area contributed by atoms with E-state index < -0.39 is 36.5 Å². The first kappa shape index (κ1) is 32.7. The van der Waals surface area contributed by atoms with Crippen LogP contribution in [-0.2, 0) is 30.3 Å². The Labute approximate surface area is 261 Å². The molecule has 0 radical (unpaired) electrons. The van der Waals surface area contributed by atoms with E-state index in [1.165, 1.54) is 11.1 Å². The molecule has 0 saturated carbocycles. The van der Waals surface area contributed by atoms with Crippen LogP contribution in [0.2, 0.25) is 0 Å². The molecule has 11 heteroatoms. The molecule has 4 amide bonds. The molecule has 5 N–H and O–H groups in total. The number of benzene rings is 3. The molecule has 3 aromatic rings. The van der Waals surface area contributed by atoms with Crippen LogP contribution in [-0.4, -0.2) is 67.2 Å². The molecule has 4 rings (SSSR count). The Hall–Kier alpha value is -5.19. The smallest absolute Gasteiger partial charge is 0.407 e. The van der Waals surface area contributed by atoms with Crippen molar-refractivity contribution in [3.8, 4) is 11.1 Å². The summed E-state index contributed by atoms with van der Waals surface area (Å²) in [6, 6.07) is 24.0. The van der Waals surface area contributed by atoms with Gasteiger partial charge in [-0.3, -0.25) is 14.4 Å². The van der Waals surface area contributed by atoms with Gasteiger partial charge < -0.3 is 31.1 Å². The number of hydrogen-bond donors (Lipinski definition) is 5. The van der Waals surface area contributed by atoms with Crippen molar-refractivity contribution in [2.75, 3.05) is 26.2 Å². The lowest BCUT2D eigenvalue weighted by molar-refractivity contribution is -0.141. The fourth-order valence-corrected chi connectivity index (χ4v) is 5.23. The molecule has 1 unspecified atom stereocenters. The van der Waals surface area contributed by atoms with Gasteiger partial charge in [0.1, 0.15) is 12.6 Å². The minimum Gasteiger partial charge on any atom is -0.480 e. The van der Waals surface area contributed by atoms with Crippen LogP contribution in [0.5, 0.6) is 0 Å². The van der Waals surface area contributed by atoms with E-state index in [4.69, 9.17) is 4.74 Å². The number of carbonyl (C=O) groups is 5. The van der Waals surface area contributed by atoms with Crippen molar-refractivity contribution in [2.24, 2.45) is 0 Å². The number of amides is 4. The second-order valence-electron chi connectivity index (χ2n) is 10.8. The second-order valence-corrected chi connectivity index (χ2v) is 10.8. The minimum atomic E-state index is -1.18. The highest BCUT2D eigenvalue weighted by atomic mass is 16.5. The lowest BCUT2D eigenvalue weighted by Crippen LogP contribution is -2.47. The maximum Gasteiger partial charge on any atom is 0.407 e. The summed E-state index contributed by atoms with van der Waals surface area (Å²) in [5.74, 6) is -2.72. The fraction of sp³-hybridized carbons (Fsp3) is 0.324. The van der Waals surface area contributed by atoms with Crippen LogP contribution in [0, 0.1) is 0 Å². The SMILES string of the molecule is O=C(CCCCCNC(=O)OCC1c2ccccc2-c2ccccc21)NCC(=O)NCC(=O)NC(Cc1ccccc1)C(=O)O. The van der Waals surface area contributed by atoms with Crippen molar-refractivity contribution in [3.63, 3.8) is 0 Å². The lowest BCUT2D eigenvalue weighted by atomic mass is 9.98. The molecule has 45 heavy (non-hydrogen) atoms. The maximum atomic E-state index is 12.3. The number of ether oxygens (including phenoxy) is 1. The number of rotatable bonds is 16. The number of nitrogens with one attached hydrogen (secondary N) is 4. The average molecular weight is 615 g/mol. The van der Waals surface area contributed by atoms with Gasteiger partial charge in [-0.15, -0.1) is 0 Å². The topological polar surface area (TPSA) is 163 Å². The zero-order valence-electron chi connectivity index (χ0n) is 24.9. The van der Waals surface area contributed by atoms with E-state index in [0.29, 0.717) is 25.8 Å². The molecule has 0 fully saturated rings. The highest BCUT2D eigenvalue weighted by Crippen LogP contribution is 2.44. The zero-order chi connectivity index (χ0) is 32.0. The molecule has 236 valence electrons. The molecule has 11 nitrogen and oxygen atoms in total. The van der Waals surface area contributed by atoms with Gasteiger partial charge in [-0.1, -0.05) is 85.3 Å². The van der Waals surface area contributed by atoms with E-state index in [0.717, 1.165) is 16.7 Å². The summed E-state index contributed by atoms with van der Waals surface area (Å²) in [5.41, 5.74) is 5.39. The van der Waals surface area contributed by atoms with E-state index in [1.54, 1.807) is 24.3 Å². The first-order valence-electron chi connectivity index (χ1n) is 15.0. The number of carboxylic acids is 1. The van der Waals surface area contributed by atoms with Crippen LogP contribution in [0.4, 0.5) is 4.79 Å². The summed E-state index contributed by atoms with van der Waals surface area (Å²) in [4.78, 5) is 60.0. The summed E-state index contributed by atoms with van der Waals surface area (Å²) in [5, 5.41) is 19.4. The van der Waals surface area contributed by atoms with E-state index in [-0.39, 0.29) is 37.8 Å². The van der Waals surface area contributed by atoms with Crippen LogP contribution in [0.3, 0.4) is 0 Å². The van der Waals surface area contributed by atoms with Crippen molar-refractivity contribution in [1.82, 2.24) is 21.3 Å². The summed E-state index contributed by atoms with van der Waals surface area (Å²) in [6.45, 7) is -0.0575. The summed E-state index contributed by atoms with van der Waals surface area (Å²) in [7, 11) is 0. The van der Waals surface area contributed by atoms with Crippen molar-refractivity contribution < 1.29 is 33.8 Å². The van der Waals surface area contributed by atoms with Gasteiger partial charge in [-0.2, -0.15) is 0 Å². The second kappa shape index (κ2) is 16.6. The van der Waals surface area contributed by atoms with Crippen molar-refractivity contribution in [1.29, 1.82) is 0 Å². The third-order valence-corrected chi connectivity index (χ3v) is 7.50. The summed E-state index contributed by atoms with van der Waals surface area (Å²) >= 11 is 0. The molecule has 0 spiro atoms. The van der Waals surface area contributed by atoms with Gasteiger partial charge in [0, 0.05) is 25.3 Å². The Morgan fingerprint density at radius 3 is 1.96 bits per heavy atom. The molecule has 1 atom stereocenters. The number of alkyl carbamates (subject to hydrolysis) is 1. The quantitative estimate of drug-likeness (QED) is 0.155. The molecule has 0 heterocycles. The number of carbonyl (C=O) groups excluding carboxylic acids is 4. The largest absolute Gasteiger partial charge is 0.480 e. The first-order chi connectivity index (χ1) is 21.8. The van der Waals surface area contributed by atoms with Crippen LogP contribution < -0.4 is 21.3 Å². The fourth-order valence-electron chi connectivity index (χ4n) is 5.23. The van der Waals surface area contributed by atoms with Crippen molar-refractivity contribution >= 4 is 29.8 Å². The molecule has 0 aliphatic heterocycles. The van der Waals surface area contributed by atoms with Crippen LogP contribution in [0.1, 0.15) is 48.3 Å². The van der Waals surface area contributed by atoms with Crippen LogP contribution in [0.25, 0.3) is 11.1 Å². The number of fused-ring (bicyclic) bond motifs is 3. The molecule has 1 aliphatic carbocycles. The first-order valence-corrected chi connectivity index (χ1v) is 15.0. The maximum absolute atomic E-state index is 12.3. The van der Waals surface area contributed by atoms with Crippen LogP contribution in [0.15, 0.2) is 78.9 Å². The number of hydrogen-bond acceptors (Lipinski definition) is 6. The molecule has 1 aliphatic rings. The lowest BCUT2D eigenvalue weighted by Gasteiger charge is -2.15. The van der Waals surface area contributed by atoms with Gasteiger partial charge in [-0.05, 0) is 40.7 Å². The van der Waals surface area contributed by atoms with Gasteiger partial charge in [0.05, 0.1) is 13.1 Å². The van der Waals surface area contributed by atoms with Crippen molar-refractivity contribution in [3.05, 3.63) is 95.6 Å². The predicted octanol–water partition coefficient (Wildman–Crippen LogP) is 3.13. The predicted molar refractivity (Wildman–Crippen MR) is 167 cm³/mol. The van der Waals surface area contributed by atoms with Crippen LogP contribution >= 0.6 is 0 Å². The third kappa shape index (κ3) is 9.92. The average Bonchev–Trinajstić information content (AvgIpc) is 3.37. The molecular formula is C34H38N4O7. The van der Waals surface area contributed by atoms with E-state index in [1.807, 2.05) is 30.3 Å². The Morgan fingerprint density at radius 2 is 1.29 bits per heavy atom. The van der Waals surface area contributed by atoms with E-state index >= 15 is 0 Å². The van der Waals surface area contributed by atoms with Gasteiger partial charge >= 0.3 is 12.1 Å². The zero-order valence-corrected chi connectivity index (χ0v) is 24.9. The molecular weight excluding hydrogens is 576 g/mol. The van der Waals surface area contributed by atoms with Gasteiger partial charge in [0.15, 0.2) is 0 Å².